The molecule has 138 valence electrons. The zero-order valence-corrected chi connectivity index (χ0v) is 14.9. The Bertz CT molecular complexity index is 1010. The Morgan fingerprint density at radius 2 is 1.52 bits per heavy atom. The van der Waals surface area contributed by atoms with Crippen molar-refractivity contribution in [3.05, 3.63) is 82.5 Å². The van der Waals surface area contributed by atoms with Crippen LogP contribution in [0.15, 0.2) is 65.7 Å². The average molecular weight is 364 g/mol. The minimum Gasteiger partial charge on any atom is -0.469 e. The molecule has 3 aromatic rings. The number of aromatic nitrogens is 2. The molecule has 27 heavy (non-hydrogen) atoms. The molecule has 0 atom stereocenters. The summed E-state index contributed by atoms with van der Waals surface area (Å²) in [5.74, 6) is -0.262. The Balaban J connectivity index is 1.81. The van der Waals surface area contributed by atoms with Crippen molar-refractivity contribution in [2.24, 2.45) is 5.73 Å². The lowest BCUT2D eigenvalue weighted by atomic mass is 10.1. The quantitative estimate of drug-likeness (QED) is 0.397. The Labute approximate surface area is 156 Å². The van der Waals surface area contributed by atoms with Gasteiger partial charge in [-0.3, -0.25) is 19.3 Å². The number of nitrogens with zero attached hydrogens (tertiary/aromatic N) is 2. The standard InChI is InChI=1S/C20H20N4O3/c1-27-18(25)11-4-14-2-7-16(8-3-14)23-12-13-24(20(23)26)17-9-5-15(6-10-17)19(21)22/h2-3,5-10,12-13H,4,11H2,1H3,(H3,21,22). The number of benzene rings is 2. The van der Waals surface area contributed by atoms with Crippen molar-refractivity contribution < 1.29 is 9.53 Å². The maximum absolute atomic E-state index is 12.7. The van der Waals surface area contributed by atoms with Crippen LogP contribution in [0.2, 0.25) is 0 Å². The van der Waals surface area contributed by atoms with E-state index < -0.39 is 0 Å². The van der Waals surface area contributed by atoms with Crippen LogP contribution in [0.1, 0.15) is 17.5 Å². The van der Waals surface area contributed by atoms with E-state index in [-0.39, 0.29) is 17.5 Å². The van der Waals surface area contributed by atoms with E-state index in [1.165, 1.54) is 11.7 Å². The van der Waals surface area contributed by atoms with Crippen molar-refractivity contribution in [2.45, 2.75) is 12.8 Å². The van der Waals surface area contributed by atoms with E-state index in [0.29, 0.717) is 24.1 Å². The number of methoxy groups -OCH3 is 1. The number of nitrogen functional groups attached to an aromatic ring is 1. The van der Waals surface area contributed by atoms with Gasteiger partial charge in [0.1, 0.15) is 5.84 Å². The highest BCUT2D eigenvalue weighted by Crippen LogP contribution is 2.12. The largest absolute Gasteiger partial charge is 0.469 e. The molecular weight excluding hydrogens is 344 g/mol. The predicted molar refractivity (Wildman–Crippen MR) is 103 cm³/mol. The fourth-order valence-electron chi connectivity index (χ4n) is 2.74. The minimum atomic E-state index is -0.247. The fraction of sp³-hybridized carbons (Fsp3) is 0.150. The molecular formula is C20H20N4O3. The lowest BCUT2D eigenvalue weighted by molar-refractivity contribution is -0.140. The van der Waals surface area contributed by atoms with E-state index in [1.807, 2.05) is 24.3 Å². The molecule has 7 heteroatoms. The molecule has 0 unspecified atom stereocenters. The maximum Gasteiger partial charge on any atom is 0.337 e. The molecule has 0 aliphatic carbocycles. The lowest BCUT2D eigenvalue weighted by Crippen LogP contribution is -2.21. The smallest absolute Gasteiger partial charge is 0.337 e. The zero-order valence-electron chi connectivity index (χ0n) is 14.9. The Morgan fingerprint density at radius 3 is 2.00 bits per heavy atom. The summed E-state index contributed by atoms with van der Waals surface area (Å²) in [6.45, 7) is 0. The number of nitrogens with two attached hydrogens (primary N) is 1. The average Bonchev–Trinajstić information content (AvgIpc) is 3.08. The van der Waals surface area contributed by atoms with Gasteiger partial charge in [-0.1, -0.05) is 12.1 Å². The van der Waals surface area contributed by atoms with Gasteiger partial charge < -0.3 is 10.5 Å². The van der Waals surface area contributed by atoms with Gasteiger partial charge in [-0.05, 0) is 48.4 Å². The molecule has 0 radical (unpaired) electrons. The van der Waals surface area contributed by atoms with E-state index >= 15 is 0 Å². The molecule has 3 N–H and O–H groups in total. The lowest BCUT2D eigenvalue weighted by Gasteiger charge is -2.05. The molecule has 0 aliphatic heterocycles. The summed E-state index contributed by atoms with van der Waals surface area (Å²) in [4.78, 5) is 24.0. The summed E-state index contributed by atoms with van der Waals surface area (Å²) in [7, 11) is 1.37. The molecule has 0 bridgehead atoms. The van der Waals surface area contributed by atoms with Gasteiger partial charge in [-0.2, -0.15) is 0 Å². The van der Waals surface area contributed by atoms with Crippen molar-refractivity contribution in [1.29, 1.82) is 5.41 Å². The normalized spacial score (nSPS) is 10.6. The van der Waals surface area contributed by atoms with E-state index in [0.717, 1.165) is 11.3 Å². The van der Waals surface area contributed by atoms with Crippen molar-refractivity contribution in [3.8, 4) is 11.4 Å². The highest BCUT2D eigenvalue weighted by Gasteiger charge is 2.08. The summed E-state index contributed by atoms with van der Waals surface area (Å²) < 4.78 is 7.71. The molecule has 1 aromatic heterocycles. The maximum atomic E-state index is 12.7. The van der Waals surface area contributed by atoms with E-state index in [2.05, 4.69) is 4.74 Å². The number of esters is 1. The van der Waals surface area contributed by atoms with Crippen molar-refractivity contribution >= 4 is 11.8 Å². The molecule has 0 aliphatic rings. The molecule has 7 nitrogen and oxygen atoms in total. The second-order valence-corrected chi connectivity index (χ2v) is 6.02. The highest BCUT2D eigenvalue weighted by atomic mass is 16.5. The van der Waals surface area contributed by atoms with Gasteiger partial charge in [-0.15, -0.1) is 0 Å². The van der Waals surface area contributed by atoms with Gasteiger partial charge in [0, 0.05) is 24.4 Å². The van der Waals surface area contributed by atoms with Crippen molar-refractivity contribution in [3.63, 3.8) is 0 Å². The summed E-state index contributed by atoms with van der Waals surface area (Å²) in [6, 6.07) is 14.4. The first-order valence-electron chi connectivity index (χ1n) is 8.40. The number of rotatable bonds is 6. The molecule has 3 rings (SSSR count). The van der Waals surface area contributed by atoms with Crippen LogP contribution in [0.25, 0.3) is 11.4 Å². The first-order chi connectivity index (χ1) is 13.0. The number of amidine groups is 1. The number of hydrogen-bond donors (Lipinski definition) is 2. The summed E-state index contributed by atoms with van der Waals surface area (Å²) in [6.07, 6.45) is 4.30. The van der Waals surface area contributed by atoms with E-state index in [4.69, 9.17) is 11.1 Å². The highest BCUT2D eigenvalue weighted by molar-refractivity contribution is 5.95. The van der Waals surface area contributed by atoms with Gasteiger partial charge in [-0.25, -0.2) is 4.79 Å². The third-order valence-electron chi connectivity index (χ3n) is 4.29. The molecule has 0 amide bonds. The van der Waals surface area contributed by atoms with Gasteiger partial charge in [0.2, 0.25) is 0 Å². The van der Waals surface area contributed by atoms with Gasteiger partial charge in [0.05, 0.1) is 18.5 Å². The molecule has 1 heterocycles. The van der Waals surface area contributed by atoms with Crippen LogP contribution >= 0.6 is 0 Å². The number of aryl methyl sites for hydroxylation is 1. The van der Waals surface area contributed by atoms with Crippen molar-refractivity contribution in [2.75, 3.05) is 7.11 Å². The number of imidazole rings is 1. The van der Waals surface area contributed by atoms with E-state index in [9.17, 15) is 9.59 Å². The SMILES string of the molecule is COC(=O)CCc1ccc(-n2ccn(-c3ccc(C(=N)N)cc3)c2=O)cc1. The Morgan fingerprint density at radius 1 is 1.00 bits per heavy atom. The number of carbonyl (C=O) groups excluding carboxylic acids is 1. The van der Waals surface area contributed by atoms with Gasteiger partial charge in [0.25, 0.3) is 0 Å². The number of nitrogens with one attached hydrogen (secondary N) is 1. The summed E-state index contributed by atoms with van der Waals surface area (Å²) in [5.41, 5.74) is 8.29. The summed E-state index contributed by atoms with van der Waals surface area (Å²) >= 11 is 0. The third kappa shape index (κ3) is 3.98. The number of carbonyl (C=O) groups is 1. The van der Waals surface area contributed by atoms with Crippen LogP contribution in [-0.2, 0) is 16.0 Å². The molecule has 0 spiro atoms. The Hall–Kier alpha value is -3.61. The monoisotopic (exact) mass is 364 g/mol. The second-order valence-electron chi connectivity index (χ2n) is 6.02. The van der Waals surface area contributed by atoms with Crippen LogP contribution in [0.4, 0.5) is 0 Å². The Kier molecular flexibility index (Phi) is 5.21. The first kappa shape index (κ1) is 18.2. The van der Waals surface area contributed by atoms with Crippen LogP contribution in [-0.4, -0.2) is 28.0 Å². The fourth-order valence-corrected chi connectivity index (χ4v) is 2.74. The zero-order chi connectivity index (χ0) is 19.4. The third-order valence-corrected chi connectivity index (χ3v) is 4.29. The molecule has 0 saturated heterocycles. The topological polar surface area (TPSA) is 103 Å². The molecule has 0 fully saturated rings. The molecule has 2 aromatic carbocycles. The van der Waals surface area contributed by atoms with E-state index in [1.54, 1.807) is 41.2 Å². The first-order valence-corrected chi connectivity index (χ1v) is 8.40. The van der Waals surface area contributed by atoms with Crippen LogP contribution in [0.5, 0.6) is 0 Å². The molecule has 0 saturated carbocycles. The van der Waals surface area contributed by atoms with Gasteiger partial charge in [0.15, 0.2) is 0 Å². The van der Waals surface area contributed by atoms with Crippen LogP contribution < -0.4 is 11.4 Å². The number of hydrogen-bond acceptors (Lipinski definition) is 4. The predicted octanol–water partition coefficient (Wildman–Crippen LogP) is 2.02. The van der Waals surface area contributed by atoms with Gasteiger partial charge >= 0.3 is 11.7 Å². The second kappa shape index (κ2) is 7.74. The minimum absolute atomic E-state index is 0.0150. The van der Waals surface area contributed by atoms with Crippen LogP contribution in [0, 0.1) is 5.41 Å². The van der Waals surface area contributed by atoms with Crippen molar-refractivity contribution in [1.82, 2.24) is 9.13 Å². The van der Waals surface area contributed by atoms with Crippen LogP contribution in [0.3, 0.4) is 0 Å². The number of ether oxygens (including phenoxy) is 1. The summed E-state index contributed by atoms with van der Waals surface area (Å²) in [5, 5.41) is 7.43.